The van der Waals surface area contributed by atoms with Crippen LogP contribution in [-0.4, -0.2) is 18.3 Å². The van der Waals surface area contributed by atoms with Crippen molar-refractivity contribution in [3.05, 3.63) is 106 Å². The number of sulfonamides is 1. The average Bonchev–Trinajstić information content (AvgIpc) is 3.18. The molecule has 2 heterocycles. The number of nitrogens with zero attached hydrogens (tertiary/aromatic N) is 2. The quantitative estimate of drug-likeness (QED) is 0.273. The number of hydrogen-bond donors (Lipinski definition) is 1. The standard InChI is InChI=1S/C24H17N3O5S/c28-27(29)19-8-10-21-22-15-20(9-11-23(22)32-24(21)14-19)33(30,31)26-17-6-4-16(5-7-17)13-18-3-1-2-12-25-18/h1-12,14-15,26H,13H2. The number of non-ortho nitro benzene ring substituents is 1. The van der Waals surface area contributed by atoms with Gasteiger partial charge in [0.15, 0.2) is 0 Å². The summed E-state index contributed by atoms with van der Waals surface area (Å²) in [5.74, 6) is 0. The maximum Gasteiger partial charge on any atom is 0.273 e. The second-order valence-corrected chi connectivity index (χ2v) is 9.18. The van der Waals surface area contributed by atoms with Gasteiger partial charge in [-0.05, 0) is 54.1 Å². The van der Waals surface area contributed by atoms with Gasteiger partial charge in [0.2, 0.25) is 0 Å². The fourth-order valence-electron chi connectivity index (χ4n) is 3.64. The van der Waals surface area contributed by atoms with Crippen LogP contribution >= 0.6 is 0 Å². The van der Waals surface area contributed by atoms with Gasteiger partial charge in [0, 0.05) is 40.8 Å². The van der Waals surface area contributed by atoms with Crippen molar-refractivity contribution >= 4 is 43.3 Å². The molecule has 0 aliphatic rings. The number of fused-ring (bicyclic) bond motifs is 3. The lowest BCUT2D eigenvalue weighted by molar-refractivity contribution is -0.384. The third kappa shape index (κ3) is 4.13. The number of rotatable bonds is 6. The molecule has 164 valence electrons. The first-order valence-corrected chi connectivity index (χ1v) is 11.5. The van der Waals surface area contributed by atoms with E-state index in [0.717, 1.165) is 11.3 Å². The molecule has 33 heavy (non-hydrogen) atoms. The molecule has 3 aromatic carbocycles. The highest BCUT2D eigenvalue weighted by molar-refractivity contribution is 7.92. The molecular weight excluding hydrogens is 442 g/mol. The van der Waals surface area contributed by atoms with E-state index >= 15 is 0 Å². The van der Waals surface area contributed by atoms with Gasteiger partial charge in [0.25, 0.3) is 15.7 Å². The fourth-order valence-corrected chi connectivity index (χ4v) is 4.73. The number of anilines is 1. The predicted molar refractivity (Wildman–Crippen MR) is 125 cm³/mol. The number of nitro groups is 1. The van der Waals surface area contributed by atoms with Gasteiger partial charge in [0.1, 0.15) is 11.2 Å². The van der Waals surface area contributed by atoms with Gasteiger partial charge >= 0.3 is 0 Å². The SMILES string of the molecule is O=[N+]([O-])c1ccc2c(c1)oc1ccc(S(=O)(=O)Nc3ccc(Cc4ccccn4)cc3)cc12. The van der Waals surface area contributed by atoms with Gasteiger partial charge < -0.3 is 4.42 Å². The molecule has 0 saturated heterocycles. The van der Waals surface area contributed by atoms with Crippen molar-refractivity contribution in [2.45, 2.75) is 11.3 Å². The number of hydrogen-bond acceptors (Lipinski definition) is 6. The summed E-state index contributed by atoms with van der Waals surface area (Å²) in [7, 11) is -3.86. The Kier molecular flexibility index (Phi) is 5.02. The second kappa shape index (κ2) is 8.03. The van der Waals surface area contributed by atoms with Crippen LogP contribution in [0.25, 0.3) is 21.9 Å². The fraction of sp³-hybridized carbons (Fsp3) is 0.0417. The van der Waals surface area contributed by atoms with Gasteiger partial charge in [0.05, 0.1) is 15.9 Å². The Morgan fingerprint density at radius 3 is 2.45 bits per heavy atom. The number of pyridine rings is 1. The molecule has 0 unspecified atom stereocenters. The minimum absolute atomic E-state index is 0.0635. The maximum absolute atomic E-state index is 13.0. The highest BCUT2D eigenvalue weighted by atomic mass is 32.2. The van der Waals surface area contributed by atoms with Crippen LogP contribution < -0.4 is 4.72 Å². The summed E-state index contributed by atoms with van der Waals surface area (Å²) in [6.45, 7) is 0. The highest BCUT2D eigenvalue weighted by Gasteiger charge is 2.18. The lowest BCUT2D eigenvalue weighted by Crippen LogP contribution is -2.12. The Labute approximate surface area is 188 Å². The number of aromatic nitrogens is 1. The van der Waals surface area contributed by atoms with Crippen LogP contribution in [0.2, 0.25) is 0 Å². The van der Waals surface area contributed by atoms with Crippen LogP contribution in [0.1, 0.15) is 11.3 Å². The molecule has 0 fully saturated rings. The first-order chi connectivity index (χ1) is 15.9. The van der Waals surface area contributed by atoms with Crippen molar-refractivity contribution in [3.63, 3.8) is 0 Å². The van der Waals surface area contributed by atoms with Crippen molar-refractivity contribution in [2.75, 3.05) is 4.72 Å². The molecule has 9 heteroatoms. The Morgan fingerprint density at radius 2 is 1.73 bits per heavy atom. The molecule has 0 bridgehead atoms. The zero-order chi connectivity index (χ0) is 23.0. The predicted octanol–water partition coefficient (Wildman–Crippen LogP) is 5.28. The van der Waals surface area contributed by atoms with E-state index in [1.807, 2.05) is 30.3 Å². The second-order valence-electron chi connectivity index (χ2n) is 7.50. The molecule has 0 radical (unpaired) electrons. The summed E-state index contributed by atoms with van der Waals surface area (Å²) in [5.41, 5.74) is 3.05. The minimum atomic E-state index is -3.86. The summed E-state index contributed by atoms with van der Waals surface area (Å²) in [4.78, 5) is 14.9. The molecule has 0 aliphatic carbocycles. The number of nitro benzene ring substituents is 1. The Balaban J connectivity index is 1.41. The average molecular weight is 459 g/mol. The third-order valence-corrected chi connectivity index (χ3v) is 6.64. The van der Waals surface area contributed by atoms with Gasteiger partial charge in [-0.3, -0.25) is 19.8 Å². The Bertz CT molecular complexity index is 1590. The van der Waals surface area contributed by atoms with Crippen LogP contribution in [-0.2, 0) is 16.4 Å². The van der Waals surface area contributed by atoms with Crippen molar-refractivity contribution < 1.29 is 17.8 Å². The van der Waals surface area contributed by atoms with Gasteiger partial charge in [-0.15, -0.1) is 0 Å². The van der Waals surface area contributed by atoms with Crippen LogP contribution in [0.15, 0.2) is 94.4 Å². The molecule has 1 N–H and O–H groups in total. The molecule has 0 aliphatic heterocycles. The van der Waals surface area contributed by atoms with E-state index in [4.69, 9.17) is 4.42 Å². The summed E-state index contributed by atoms with van der Waals surface area (Å²) in [5, 5.41) is 12.2. The van der Waals surface area contributed by atoms with E-state index in [1.54, 1.807) is 30.5 Å². The summed E-state index contributed by atoms with van der Waals surface area (Å²) < 4.78 is 34.2. The molecular formula is C24H17N3O5S. The molecule has 0 spiro atoms. The lowest BCUT2D eigenvalue weighted by atomic mass is 10.1. The summed E-state index contributed by atoms with van der Waals surface area (Å²) >= 11 is 0. The van der Waals surface area contributed by atoms with Crippen LogP contribution in [0.5, 0.6) is 0 Å². The molecule has 0 amide bonds. The molecule has 2 aromatic heterocycles. The third-order valence-electron chi connectivity index (χ3n) is 5.26. The van der Waals surface area contributed by atoms with E-state index < -0.39 is 14.9 Å². The maximum atomic E-state index is 13.0. The number of nitrogens with one attached hydrogen (secondary N) is 1. The minimum Gasteiger partial charge on any atom is -0.456 e. The van der Waals surface area contributed by atoms with Crippen LogP contribution in [0.3, 0.4) is 0 Å². The van der Waals surface area contributed by atoms with Crippen LogP contribution in [0, 0.1) is 10.1 Å². The smallest absolute Gasteiger partial charge is 0.273 e. The molecule has 0 atom stereocenters. The van der Waals surface area contributed by atoms with E-state index in [0.29, 0.717) is 34.0 Å². The van der Waals surface area contributed by atoms with E-state index in [1.165, 1.54) is 24.3 Å². The summed E-state index contributed by atoms with van der Waals surface area (Å²) in [6.07, 6.45) is 2.38. The molecule has 8 nitrogen and oxygen atoms in total. The lowest BCUT2D eigenvalue weighted by Gasteiger charge is -2.09. The van der Waals surface area contributed by atoms with E-state index in [9.17, 15) is 18.5 Å². The summed E-state index contributed by atoms with van der Waals surface area (Å²) in [6, 6.07) is 21.6. The normalized spacial score (nSPS) is 11.6. The van der Waals surface area contributed by atoms with Gasteiger partial charge in [-0.25, -0.2) is 8.42 Å². The first-order valence-electron chi connectivity index (χ1n) is 10.0. The number of furan rings is 1. The van der Waals surface area contributed by atoms with Gasteiger partial charge in [-0.2, -0.15) is 0 Å². The first kappa shape index (κ1) is 20.7. The van der Waals surface area contributed by atoms with Crippen LogP contribution in [0.4, 0.5) is 11.4 Å². The largest absolute Gasteiger partial charge is 0.456 e. The molecule has 5 rings (SSSR count). The van der Waals surface area contributed by atoms with Crippen molar-refractivity contribution in [2.24, 2.45) is 0 Å². The monoisotopic (exact) mass is 459 g/mol. The van der Waals surface area contributed by atoms with Crippen molar-refractivity contribution in [1.82, 2.24) is 4.98 Å². The zero-order valence-corrected chi connectivity index (χ0v) is 18.0. The molecule has 0 saturated carbocycles. The van der Waals surface area contributed by atoms with Crippen molar-refractivity contribution in [1.29, 1.82) is 0 Å². The topological polar surface area (TPSA) is 115 Å². The van der Waals surface area contributed by atoms with E-state index in [-0.39, 0.29) is 10.6 Å². The highest BCUT2D eigenvalue weighted by Crippen LogP contribution is 2.33. The zero-order valence-electron chi connectivity index (χ0n) is 17.1. The van der Waals surface area contributed by atoms with Crippen molar-refractivity contribution in [3.8, 4) is 0 Å². The Morgan fingerprint density at radius 1 is 0.909 bits per heavy atom. The Hall–Kier alpha value is -4.24. The molecule has 5 aromatic rings. The number of benzene rings is 3. The van der Waals surface area contributed by atoms with Gasteiger partial charge in [-0.1, -0.05) is 18.2 Å². The van der Waals surface area contributed by atoms with E-state index in [2.05, 4.69) is 9.71 Å².